The number of hydrogen-bond acceptors (Lipinski definition) is 18. The van der Waals surface area contributed by atoms with Crippen LogP contribution in [0.4, 0.5) is 13.2 Å². The number of unbranched alkanes of at least 4 members (excludes halogenated alkanes) is 1. The molecule has 13 N–H and O–H groups in total. The highest BCUT2D eigenvalue weighted by Gasteiger charge is 2.49. The Kier molecular flexibility index (Phi) is 36.0. The van der Waals surface area contributed by atoms with Crippen LogP contribution in [0.1, 0.15) is 132 Å². The summed E-state index contributed by atoms with van der Waals surface area (Å²) < 4.78 is 45.2. The van der Waals surface area contributed by atoms with Crippen molar-refractivity contribution < 1.29 is 95.3 Å². The molecular formula is C98H121F3N16O17S. The highest BCUT2D eigenvalue weighted by molar-refractivity contribution is 8.00. The van der Waals surface area contributed by atoms with Crippen molar-refractivity contribution in [1.82, 2.24) is 76.9 Å². The fraction of sp³-hybridized carbons (Fsp3) is 0.459. The van der Waals surface area contributed by atoms with Crippen LogP contribution in [0.25, 0.3) is 10.9 Å². The lowest BCUT2D eigenvalue weighted by Crippen LogP contribution is -2.65. The predicted molar refractivity (Wildman–Crippen MR) is 497 cm³/mol. The molecule has 7 aromatic rings. The third-order valence-corrected chi connectivity index (χ3v) is 26.2. The van der Waals surface area contributed by atoms with Gasteiger partial charge in [0.1, 0.15) is 90.0 Å². The Morgan fingerprint density at radius 3 is 1.57 bits per heavy atom. The minimum absolute atomic E-state index is 0.0380. The van der Waals surface area contributed by atoms with E-state index in [1.807, 2.05) is 6.92 Å². The van der Waals surface area contributed by atoms with E-state index in [1.165, 1.54) is 82.0 Å². The molecule has 6 aromatic carbocycles. The van der Waals surface area contributed by atoms with E-state index in [1.54, 1.807) is 131 Å². The fourth-order valence-corrected chi connectivity index (χ4v) is 18.5. The standard InChI is InChI=1S/C98H121F3N16O17S/c1-9-10-28-78-96(132)116-41-21-30-79(116)97(133)117-42-39-77(117)91(127)111-85(57(4)5)98(134)113(7)80(49-58-22-13-11-14-23-58)92(128)109-74(47-61-33-37-65(119)38-34-61)94(130)115-40-20-19-29-76(115)90(126)108-72(51-63-52-103-69-27-18-17-26-66(63)69)89(125)107-71(46-60-31-35-64(118)36-32-60)88(124)106-70(43-56(2)3)87(123)110-75(86(122)104-53-82(102)120)54-135-55-83(121)105-73(48-62-44-67(99)84(101)68(100)45-62)93(129)114(8)81(95(131)112(78)6)50-59-24-15-12-16-25-59/h11-18,22-27,31-38,44-45,52,56-57,70-81,85,103,118-119H,9-10,19-21,28-30,39-43,46-51,53-55H2,1-8H3,(H2,102,120)(H,104,122)(H,105,121)(H,106,124)(H,107,125)(H,108,126)(H,109,128)(H,110,123)(H,111,127)/t70-,71-,72+,73-,74-,75-,76+,77-,78-,79+,80-,81-,85-/m0/s1. The number of aromatic hydroxyl groups is 2. The van der Waals surface area contributed by atoms with Crippen LogP contribution in [-0.2, 0) is 110 Å². The zero-order valence-electron chi connectivity index (χ0n) is 77.0. The van der Waals surface area contributed by atoms with Crippen LogP contribution < -0.4 is 48.3 Å². The number of likely N-dealkylation sites (N-methyl/N-ethyl adjacent to an activating group) is 3. The number of nitrogens with two attached hydrogens (primary N) is 1. The van der Waals surface area contributed by atoms with E-state index in [4.69, 9.17) is 5.73 Å². The summed E-state index contributed by atoms with van der Waals surface area (Å²) in [6.45, 7) is 8.01. The Morgan fingerprint density at radius 1 is 0.474 bits per heavy atom. The van der Waals surface area contributed by atoms with Gasteiger partial charge in [0.05, 0.1) is 12.3 Å². The molecule has 5 heterocycles. The molecule has 4 fully saturated rings. The number of para-hydroxylation sites is 1. The number of nitrogens with zero attached hydrogens (tertiary/aromatic N) is 6. The lowest BCUT2D eigenvalue weighted by atomic mass is 9.95. The summed E-state index contributed by atoms with van der Waals surface area (Å²) in [6, 6.07) is 18.1. The molecule has 0 aliphatic carbocycles. The summed E-state index contributed by atoms with van der Waals surface area (Å²) >= 11 is 0.705. The first-order chi connectivity index (χ1) is 64.5. The van der Waals surface area contributed by atoms with Crippen LogP contribution in [0.15, 0.2) is 152 Å². The summed E-state index contributed by atoms with van der Waals surface area (Å²) in [5.41, 5.74) is 8.26. The van der Waals surface area contributed by atoms with Crippen molar-refractivity contribution in [2.75, 3.05) is 58.8 Å². The van der Waals surface area contributed by atoms with Gasteiger partial charge in [0.15, 0.2) is 17.5 Å². The quantitative estimate of drug-likeness (QED) is 0.0428. The average Bonchev–Trinajstić information content (AvgIpc) is 1.72. The van der Waals surface area contributed by atoms with Crippen molar-refractivity contribution in [2.24, 2.45) is 17.6 Å². The molecule has 0 bridgehead atoms. The molecule has 1 aromatic heterocycles. The van der Waals surface area contributed by atoms with Crippen molar-refractivity contribution in [3.8, 4) is 11.5 Å². The molecule has 11 rings (SSSR count). The van der Waals surface area contributed by atoms with Crippen LogP contribution in [0, 0.1) is 29.3 Å². The molecule has 33 nitrogen and oxygen atoms in total. The third kappa shape index (κ3) is 26.8. The normalized spacial score (nSPS) is 23.9. The first-order valence-electron chi connectivity index (χ1n) is 45.8. The maximum atomic E-state index is 15.9. The maximum absolute atomic E-state index is 15.9. The molecule has 4 saturated heterocycles. The molecule has 722 valence electrons. The Balaban J connectivity index is 0.981. The number of primary amides is 1. The van der Waals surface area contributed by atoms with Crippen molar-refractivity contribution in [3.05, 3.63) is 203 Å². The molecule has 4 aliphatic rings. The van der Waals surface area contributed by atoms with E-state index in [-0.39, 0.29) is 101 Å². The van der Waals surface area contributed by atoms with Gasteiger partial charge in [-0.05, 0) is 139 Å². The topological polar surface area (TPSA) is 454 Å². The first kappa shape index (κ1) is 102. The summed E-state index contributed by atoms with van der Waals surface area (Å²) in [6.07, 6.45) is 1.99. The number of benzene rings is 6. The minimum Gasteiger partial charge on any atom is -0.508 e. The number of carbonyl (C=O) groups is 15. The van der Waals surface area contributed by atoms with Crippen LogP contribution in [0.2, 0.25) is 0 Å². The van der Waals surface area contributed by atoms with E-state index in [0.717, 1.165) is 4.90 Å². The van der Waals surface area contributed by atoms with Gasteiger partial charge in [-0.1, -0.05) is 151 Å². The van der Waals surface area contributed by atoms with E-state index < -0.39 is 221 Å². The molecule has 13 atom stereocenters. The van der Waals surface area contributed by atoms with Crippen molar-refractivity contribution in [3.63, 3.8) is 0 Å². The molecule has 135 heavy (non-hydrogen) atoms. The smallest absolute Gasteiger partial charge is 0.246 e. The number of amides is 15. The number of nitrogens with one attached hydrogen (secondary N) is 9. The number of halogens is 3. The predicted octanol–water partition coefficient (Wildman–Crippen LogP) is 4.84. The van der Waals surface area contributed by atoms with Crippen molar-refractivity contribution in [1.29, 1.82) is 0 Å². The highest BCUT2D eigenvalue weighted by atomic mass is 32.2. The number of carbonyl (C=O) groups excluding carboxylic acids is 15. The van der Waals surface area contributed by atoms with Crippen LogP contribution >= 0.6 is 11.8 Å². The summed E-state index contributed by atoms with van der Waals surface area (Å²) in [5.74, 6) is -20.4. The van der Waals surface area contributed by atoms with Gasteiger partial charge in [-0.15, -0.1) is 11.8 Å². The van der Waals surface area contributed by atoms with E-state index >= 15 is 61.5 Å². The van der Waals surface area contributed by atoms with Crippen molar-refractivity contribution in [2.45, 2.75) is 216 Å². The number of H-pyrrole nitrogens is 1. The number of aromatic amines is 1. The van der Waals surface area contributed by atoms with Gasteiger partial charge < -0.3 is 92.9 Å². The second-order valence-electron chi connectivity index (χ2n) is 35.9. The van der Waals surface area contributed by atoms with Crippen LogP contribution in [-0.4, -0.2) is 271 Å². The number of hydrogen-bond donors (Lipinski definition) is 12. The Hall–Kier alpha value is -13.4. The number of rotatable bonds is 21. The molecule has 0 spiro atoms. The van der Waals surface area contributed by atoms with Gasteiger partial charge in [0.2, 0.25) is 88.6 Å². The fourth-order valence-electron chi connectivity index (χ4n) is 17.6. The molecular weight excluding hydrogens is 1760 g/mol. The molecule has 4 aliphatic heterocycles. The first-order valence-corrected chi connectivity index (χ1v) is 46.9. The average molecular weight is 1880 g/mol. The monoisotopic (exact) mass is 1880 g/mol. The van der Waals surface area contributed by atoms with Crippen LogP contribution in [0.5, 0.6) is 11.5 Å². The summed E-state index contributed by atoms with van der Waals surface area (Å²) in [5, 5.41) is 43.5. The Morgan fingerprint density at radius 2 is 0.970 bits per heavy atom. The number of phenols is 2. The van der Waals surface area contributed by atoms with E-state index in [9.17, 15) is 33.8 Å². The lowest BCUT2D eigenvalue weighted by Gasteiger charge is -2.43. The molecule has 0 saturated carbocycles. The van der Waals surface area contributed by atoms with Gasteiger partial charge in [0, 0.05) is 102 Å². The number of fused-ring (bicyclic) bond motifs is 4. The molecule has 0 radical (unpaired) electrons. The number of thioether (sulfide) groups is 1. The van der Waals surface area contributed by atoms with Gasteiger partial charge in [0.25, 0.3) is 0 Å². The number of aromatic nitrogens is 1. The Labute approximate surface area is 785 Å². The number of piperidine rings is 1. The Bertz CT molecular complexity index is 5400. The van der Waals surface area contributed by atoms with Crippen molar-refractivity contribution >= 4 is 111 Å². The second-order valence-corrected chi connectivity index (χ2v) is 36.9. The third-order valence-electron chi connectivity index (χ3n) is 25.2. The summed E-state index contributed by atoms with van der Waals surface area (Å²) in [7, 11) is 4.00. The lowest BCUT2D eigenvalue weighted by molar-refractivity contribution is -0.157. The zero-order valence-corrected chi connectivity index (χ0v) is 77.8. The van der Waals surface area contributed by atoms with Crippen LogP contribution in [0.3, 0.4) is 0 Å². The van der Waals surface area contributed by atoms with Gasteiger partial charge in [-0.3, -0.25) is 71.9 Å². The van der Waals surface area contributed by atoms with E-state index in [0.29, 0.717) is 94.7 Å². The highest BCUT2D eigenvalue weighted by Crippen LogP contribution is 2.32. The molecule has 15 amide bonds. The second kappa shape index (κ2) is 47.5. The molecule has 0 unspecified atom stereocenters. The minimum atomic E-state index is -1.84. The van der Waals surface area contributed by atoms with Gasteiger partial charge >= 0.3 is 0 Å². The zero-order chi connectivity index (χ0) is 97.6. The van der Waals surface area contributed by atoms with Gasteiger partial charge in [-0.2, -0.15) is 0 Å². The SMILES string of the molecule is CCCC[C@H]1C(=O)N2CCC[C@@H]2C(=O)N2CC[C@H]2C(=O)N[C@@H](C(C)C)C(=O)N(C)[C@@H](Cc2ccccc2)C(=O)N[C@@H](Cc2ccc(O)cc2)C(=O)N2CCCC[C@@H]2C(=O)N[C@H](Cc2c[nH]c3ccccc23)C(=O)N[C@@H](Cc2ccc(O)cc2)C(=O)N[C@@H](CC(C)C)C(=O)N[C@H](C(=O)NCC(N)=O)CSCC(=O)N[C@@H](Cc2cc(F)c(F)c(F)c2)C(=O)N(C)[C@@H](Cc2ccccc2)C(=O)N1C. The molecule has 37 heteroatoms. The van der Waals surface area contributed by atoms with Gasteiger partial charge in [-0.25, -0.2) is 13.2 Å². The largest absolute Gasteiger partial charge is 0.508 e. The maximum Gasteiger partial charge on any atom is 0.246 e. The summed E-state index contributed by atoms with van der Waals surface area (Å²) in [4.78, 5) is 238. The van der Waals surface area contributed by atoms with E-state index in [2.05, 4.69) is 47.5 Å². The number of phenolic OH excluding ortho intramolecular Hbond substituents is 2.